The van der Waals surface area contributed by atoms with Gasteiger partial charge >= 0.3 is 0 Å². The Hall–Kier alpha value is -0.890. The number of hydrogen-bond donors (Lipinski definition) is 1. The standard InChI is InChI=1S/C17H28FN/c1-4-7-17(19-12-5-2)9-6-8-15-10-11-16(18)13-14(15)3/h10-11,13,17,19H,4-9,12H2,1-3H3. The van der Waals surface area contributed by atoms with E-state index in [0.29, 0.717) is 6.04 Å². The van der Waals surface area contributed by atoms with E-state index in [9.17, 15) is 4.39 Å². The fourth-order valence-corrected chi connectivity index (χ4v) is 2.52. The second-order valence-electron chi connectivity index (χ2n) is 5.40. The van der Waals surface area contributed by atoms with Crippen LogP contribution in [0.3, 0.4) is 0 Å². The highest BCUT2D eigenvalue weighted by Gasteiger charge is 2.07. The molecule has 0 spiro atoms. The van der Waals surface area contributed by atoms with Crippen molar-refractivity contribution in [3.8, 4) is 0 Å². The van der Waals surface area contributed by atoms with Crippen molar-refractivity contribution in [1.82, 2.24) is 5.32 Å². The lowest BCUT2D eigenvalue weighted by Gasteiger charge is -2.18. The molecule has 0 amide bonds. The Bertz CT molecular complexity index is 362. The molecule has 0 bridgehead atoms. The number of hydrogen-bond acceptors (Lipinski definition) is 1. The van der Waals surface area contributed by atoms with Crippen LogP contribution in [0.1, 0.15) is 57.1 Å². The summed E-state index contributed by atoms with van der Waals surface area (Å²) in [4.78, 5) is 0. The Morgan fingerprint density at radius 1 is 1.16 bits per heavy atom. The average Bonchev–Trinajstić information content (AvgIpc) is 2.38. The number of nitrogens with one attached hydrogen (secondary N) is 1. The maximum absolute atomic E-state index is 13.0. The molecule has 0 heterocycles. The zero-order valence-electron chi connectivity index (χ0n) is 12.6. The predicted molar refractivity (Wildman–Crippen MR) is 81.1 cm³/mol. The van der Waals surface area contributed by atoms with Crippen molar-refractivity contribution >= 4 is 0 Å². The first kappa shape index (κ1) is 16.2. The van der Waals surface area contributed by atoms with Gasteiger partial charge < -0.3 is 5.32 Å². The minimum Gasteiger partial charge on any atom is -0.314 e. The molecule has 1 nitrogen and oxygen atoms in total. The van der Waals surface area contributed by atoms with E-state index >= 15 is 0 Å². The van der Waals surface area contributed by atoms with Gasteiger partial charge in [0.1, 0.15) is 5.82 Å². The molecule has 0 aliphatic carbocycles. The third-order valence-corrected chi connectivity index (χ3v) is 3.62. The largest absolute Gasteiger partial charge is 0.314 e. The predicted octanol–water partition coefficient (Wildman–Crippen LogP) is 4.63. The lowest BCUT2D eigenvalue weighted by Crippen LogP contribution is -2.29. The number of aryl methyl sites for hydroxylation is 2. The quantitative estimate of drug-likeness (QED) is 0.686. The van der Waals surface area contributed by atoms with E-state index in [1.165, 1.54) is 37.7 Å². The zero-order chi connectivity index (χ0) is 14.1. The summed E-state index contributed by atoms with van der Waals surface area (Å²) in [5, 5.41) is 3.62. The van der Waals surface area contributed by atoms with Crippen LogP contribution in [0, 0.1) is 12.7 Å². The molecule has 0 aliphatic rings. The van der Waals surface area contributed by atoms with Gasteiger partial charge in [-0.2, -0.15) is 0 Å². The van der Waals surface area contributed by atoms with Crippen molar-refractivity contribution in [2.75, 3.05) is 6.54 Å². The van der Waals surface area contributed by atoms with E-state index in [1.807, 2.05) is 13.0 Å². The van der Waals surface area contributed by atoms with Crippen molar-refractivity contribution in [3.05, 3.63) is 35.1 Å². The number of benzene rings is 1. The van der Waals surface area contributed by atoms with Crippen molar-refractivity contribution in [1.29, 1.82) is 0 Å². The first-order valence-corrected chi connectivity index (χ1v) is 7.65. The summed E-state index contributed by atoms with van der Waals surface area (Å²) in [5.74, 6) is -0.130. The molecule has 1 rings (SSSR count). The Labute approximate surface area is 117 Å². The SMILES string of the molecule is CCCNC(CCC)CCCc1ccc(F)cc1C. The molecule has 19 heavy (non-hydrogen) atoms. The third kappa shape index (κ3) is 6.20. The number of halogens is 1. The smallest absolute Gasteiger partial charge is 0.123 e. The molecule has 0 radical (unpaired) electrons. The maximum atomic E-state index is 13.0. The molecule has 0 fully saturated rings. The van der Waals surface area contributed by atoms with E-state index in [-0.39, 0.29) is 5.82 Å². The Morgan fingerprint density at radius 3 is 2.58 bits per heavy atom. The molecular formula is C17H28FN. The van der Waals surface area contributed by atoms with Gasteiger partial charge in [0, 0.05) is 6.04 Å². The topological polar surface area (TPSA) is 12.0 Å². The Morgan fingerprint density at radius 2 is 1.95 bits per heavy atom. The molecule has 1 aromatic carbocycles. The molecule has 0 saturated heterocycles. The van der Waals surface area contributed by atoms with Gasteiger partial charge in [-0.25, -0.2) is 4.39 Å². The first-order chi connectivity index (χ1) is 9.17. The van der Waals surface area contributed by atoms with Gasteiger partial charge in [0.15, 0.2) is 0 Å². The Kier molecular flexibility index (Phi) is 7.73. The molecule has 1 unspecified atom stereocenters. The van der Waals surface area contributed by atoms with Crippen LogP contribution < -0.4 is 5.32 Å². The average molecular weight is 265 g/mol. The molecule has 1 atom stereocenters. The zero-order valence-corrected chi connectivity index (χ0v) is 12.6. The van der Waals surface area contributed by atoms with Gasteiger partial charge in [-0.15, -0.1) is 0 Å². The van der Waals surface area contributed by atoms with Gasteiger partial charge in [0.2, 0.25) is 0 Å². The molecule has 108 valence electrons. The molecule has 2 heteroatoms. The summed E-state index contributed by atoms with van der Waals surface area (Å²) in [7, 11) is 0. The van der Waals surface area contributed by atoms with E-state index < -0.39 is 0 Å². The normalized spacial score (nSPS) is 12.6. The van der Waals surface area contributed by atoms with Crippen molar-refractivity contribution in [3.63, 3.8) is 0 Å². The number of rotatable bonds is 9. The van der Waals surface area contributed by atoms with Crippen molar-refractivity contribution in [2.45, 2.75) is 65.3 Å². The van der Waals surface area contributed by atoms with Crippen LogP contribution in [0.5, 0.6) is 0 Å². The summed E-state index contributed by atoms with van der Waals surface area (Å²) in [5.41, 5.74) is 2.36. The lowest BCUT2D eigenvalue weighted by molar-refractivity contribution is 0.437. The maximum Gasteiger partial charge on any atom is 0.123 e. The molecule has 1 N–H and O–H groups in total. The van der Waals surface area contributed by atoms with Gasteiger partial charge in [-0.05, 0) is 68.8 Å². The fraction of sp³-hybridized carbons (Fsp3) is 0.647. The van der Waals surface area contributed by atoms with Gasteiger partial charge in [0.25, 0.3) is 0 Å². The second-order valence-corrected chi connectivity index (χ2v) is 5.40. The summed E-state index contributed by atoms with van der Waals surface area (Å²) >= 11 is 0. The summed E-state index contributed by atoms with van der Waals surface area (Å²) in [6.07, 6.45) is 7.12. The van der Waals surface area contributed by atoms with Crippen molar-refractivity contribution in [2.24, 2.45) is 0 Å². The second kappa shape index (κ2) is 9.08. The van der Waals surface area contributed by atoms with Gasteiger partial charge in [-0.3, -0.25) is 0 Å². The first-order valence-electron chi connectivity index (χ1n) is 7.65. The third-order valence-electron chi connectivity index (χ3n) is 3.62. The van der Waals surface area contributed by atoms with Crippen LogP contribution >= 0.6 is 0 Å². The lowest BCUT2D eigenvalue weighted by atomic mass is 9.99. The van der Waals surface area contributed by atoms with Gasteiger partial charge in [0.05, 0.1) is 0 Å². The van der Waals surface area contributed by atoms with Crippen molar-refractivity contribution < 1.29 is 4.39 Å². The van der Waals surface area contributed by atoms with Crippen LogP contribution in [0.2, 0.25) is 0 Å². The van der Waals surface area contributed by atoms with Crippen LogP contribution in [-0.4, -0.2) is 12.6 Å². The van der Waals surface area contributed by atoms with E-state index in [4.69, 9.17) is 0 Å². The molecular weight excluding hydrogens is 237 g/mol. The highest BCUT2D eigenvalue weighted by Crippen LogP contribution is 2.14. The Balaban J connectivity index is 2.38. The molecule has 0 aromatic heterocycles. The highest BCUT2D eigenvalue weighted by atomic mass is 19.1. The molecule has 1 aromatic rings. The summed E-state index contributed by atoms with van der Waals surface area (Å²) in [6.45, 7) is 7.56. The van der Waals surface area contributed by atoms with E-state index in [1.54, 1.807) is 12.1 Å². The van der Waals surface area contributed by atoms with Crippen LogP contribution in [0.4, 0.5) is 4.39 Å². The van der Waals surface area contributed by atoms with Crippen LogP contribution in [0.15, 0.2) is 18.2 Å². The molecule has 0 saturated carbocycles. The minimum atomic E-state index is -0.130. The van der Waals surface area contributed by atoms with Gasteiger partial charge in [-0.1, -0.05) is 26.3 Å². The summed E-state index contributed by atoms with van der Waals surface area (Å²) < 4.78 is 13.0. The highest BCUT2D eigenvalue weighted by molar-refractivity contribution is 5.26. The minimum absolute atomic E-state index is 0.130. The molecule has 0 aliphatic heterocycles. The van der Waals surface area contributed by atoms with Crippen LogP contribution in [-0.2, 0) is 6.42 Å². The monoisotopic (exact) mass is 265 g/mol. The van der Waals surface area contributed by atoms with Crippen LogP contribution in [0.25, 0.3) is 0 Å². The fourth-order valence-electron chi connectivity index (χ4n) is 2.52. The summed E-state index contributed by atoms with van der Waals surface area (Å²) in [6, 6.07) is 5.78. The van der Waals surface area contributed by atoms with E-state index in [0.717, 1.165) is 18.5 Å². The van der Waals surface area contributed by atoms with E-state index in [2.05, 4.69) is 19.2 Å².